The van der Waals surface area contributed by atoms with Gasteiger partial charge in [-0.1, -0.05) is 30.3 Å². The van der Waals surface area contributed by atoms with Crippen molar-refractivity contribution in [3.05, 3.63) is 65.7 Å². The van der Waals surface area contributed by atoms with Crippen LogP contribution in [0.5, 0.6) is 0 Å². The topological polar surface area (TPSA) is 23.6 Å². The summed E-state index contributed by atoms with van der Waals surface area (Å²) in [4.78, 5) is 16.9. The Bertz CT molecular complexity index is 649. The standard InChI is InChI=1S/C20H24N2O/c1-21(2)18-12-10-17(11-13-18)20(23)22-14-6-9-19(22)15-16-7-4-3-5-8-16/h3-5,7-8,10-13,19H,6,9,14-15H2,1-2H3/t19-/m1/s1. The summed E-state index contributed by atoms with van der Waals surface area (Å²) in [5, 5.41) is 0. The number of carbonyl (C=O) groups is 1. The first-order chi connectivity index (χ1) is 11.1. The van der Waals surface area contributed by atoms with Crippen LogP contribution in [0.25, 0.3) is 0 Å². The average Bonchev–Trinajstić information content (AvgIpc) is 3.03. The van der Waals surface area contributed by atoms with E-state index in [9.17, 15) is 4.79 Å². The first-order valence-corrected chi connectivity index (χ1v) is 8.27. The Kier molecular flexibility index (Phi) is 4.65. The zero-order valence-corrected chi connectivity index (χ0v) is 13.9. The average molecular weight is 308 g/mol. The molecule has 1 aliphatic rings. The van der Waals surface area contributed by atoms with E-state index in [-0.39, 0.29) is 5.91 Å². The van der Waals surface area contributed by atoms with Gasteiger partial charge in [-0.3, -0.25) is 4.79 Å². The molecule has 0 saturated carbocycles. The molecule has 1 amide bonds. The SMILES string of the molecule is CN(C)c1ccc(C(=O)N2CCC[C@@H]2Cc2ccccc2)cc1. The molecule has 23 heavy (non-hydrogen) atoms. The number of nitrogens with zero attached hydrogens (tertiary/aromatic N) is 2. The molecule has 1 aliphatic heterocycles. The van der Waals surface area contributed by atoms with Crippen molar-refractivity contribution in [1.29, 1.82) is 0 Å². The van der Waals surface area contributed by atoms with E-state index in [0.29, 0.717) is 6.04 Å². The molecule has 0 aliphatic carbocycles. The predicted octanol–water partition coefficient (Wildman–Crippen LogP) is 3.60. The molecule has 1 atom stereocenters. The molecule has 0 bridgehead atoms. The maximum Gasteiger partial charge on any atom is 0.254 e. The first kappa shape index (κ1) is 15.6. The molecule has 0 aromatic heterocycles. The minimum absolute atomic E-state index is 0.161. The van der Waals surface area contributed by atoms with Crippen LogP contribution in [-0.2, 0) is 6.42 Å². The van der Waals surface area contributed by atoms with E-state index in [1.807, 2.05) is 49.3 Å². The van der Waals surface area contributed by atoms with Crippen LogP contribution in [0.3, 0.4) is 0 Å². The molecule has 3 nitrogen and oxygen atoms in total. The fourth-order valence-corrected chi connectivity index (χ4v) is 3.27. The lowest BCUT2D eigenvalue weighted by molar-refractivity contribution is 0.0736. The largest absolute Gasteiger partial charge is 0.378 e. The van der Waals surface area contributed by atoms with Gasteiger partial charge in [0, 0.05) is 37.9 Å². The second kappa shape index (κ2) is 6.86. The fourth-order valence-electron chi connectivity index (χ4n) is 3.27. The second-order valence-corrected chi connectivity index (χ2v) is 6.43. The molecule has 0 spiro atoms. The van der Waals surface area contributed by atoms with Gasteiger partial charge in [-0.05, 0) is 49.1 Å². The third-order valence-corrected chi connectivity index (χ3v) is 4.58. The Hall–Kier alpha value is -2.29. The summed E-state index contributed by atoms with van der Waals surface area (Å²) in [6, 6.07) is 18.7. The third kappa shape index (κ3) is 3.55. The number of benzene rings is 2. The van der Waals surface area contributed by atoms with Crippen LogP contribution in [-0.4, -0.2) is 37.5 Å². The Labute approximate surface area is 138 Å². The highest BCUT2D eigenvalue weighted by atomic mass is 16.2. The molecule has 1 fully saturated rings. The third-order valence-electron chi connectivity index (χ3n) is 4.58. The summed E-state index contributed by atoms with van der Waals surface area (Å²) in [6.07, 6.45) is 3.14. The van der Waals surface area contributed by atoms with Crippen LogP contribution in [0.15, 0.2) is 54.6 Å². The van der Waals surface area contributed by atoms with Crippen molar-refractivity contribution in [2.24, 2.45) is 0 Å². The van der Waals surface area contributed by atoms with E-state index in [1.54, 1.807) is 0 Å². The quantitative estimate of drug-likeness (QED) is 0.861. The van der Waals surface area contributed by atoms with Gasteiger partial charge in [0.25, 0.3) is 5.91 Å². The lowest BCUT2D eigenvalue weighted by Crippen LogP contribution is -2.36. The molecule has 1 heterocycles. The predicted molar refractivity (Wildman–Crippen MR) is 95.0 cm³/mol. The van der Waals surface area contributed by atoms with Gasteiger partial charge in [0.1, 0.15) is 0 Å². The highest BCUT2D eigenvalue weighted by Crippen LogP contribution is 2.24. The monoisotopic (exact) mass is 308 g/mol. The van der Waals surface area contributed by atoms with Crippen LogP contribution in [0.2, 0.25) is 0 Å². The molecule has 0 unspecified atom stereocenters. The summed E-state index contributed by atoms with van der Waals surface area (Å²) >= 11 is 0. The summed E-state index contributed by atoms with van der Waals surface area (Å²) in [7, 11) is 4.01. The van der Waals surface area contributed by atoms with Gasteiger partial charge in [-0.2, -0.15) is 0 Å². The van der Waals surface area contributed by atoms with Crippen molar-refractivity contribution in [2.45, 2.75) is 25.3 Å². The van der Waals surface area contributed by atoms with Gasteiger partial charge in [0.2, 0.25) is 0 Å². The van der Waals surface area contributed by atoms with Crippen molar-refractivity contribution >= 4 is 11.6 Å². The smallest absolute Gasteiger partial charge is 0.254 e. The Balaban J connectivity index is 1.72. The number of hydrogen-bond acceptors (Lipinski definition) is 2. The van der Waals surface area contributed by atoms with Crippen molar-refractivity contribution in [2.75, 3.05) is 25.5 Å². The second-order valence-electron chi connectivity index (χ2n) is 6.43. The zero-order chi connectivity index (χ0) is 16.2. The van der Waals surface area contributed by atoms with Crippen molar-refractivity contribution in [3.8, 4) is 0 Å². The zero-order valence-electron chi connectivity index (χ0n) is 13.9. The molecular weight excluding hydrogens is 284 g/mol. The highest BCUT2D eigenvalue weighted by molar-refractivity contribution is 5.95. The minimum Gasteiger partial charge on any atom is -0.378 e. The summed E-state index contributed by atoms with van der Waals surface area (Å²) in [5.41, 5.74) is 3.21. The Morgan fingerprint density at radius 3 is 2.43 bits per heavy atom. The summed E-state index contributed by atoms with van der Waals surface area (Å²) < 4.78 is 0. The number of hydrogen-bond donors (Lipinski definition) is 0. The lowest BCUT2D eigenvalue weighted by Gasteiger charge is -2.25. The van der Waals surface area contributed by atoms with Crippen LogP contribution in [0.1, 0.15) is 28.8 Å². The van der Waals surface area contributed by atoms with E-state index in [4.69, 9.17) is 0 Å². The van der Waals surface area contributed by atoms with Crippen LogP contribution in [0, 0.1) is 0 Å². The Morgan fingerprint density at radius 1 is 1.09 bits per heavy atom. The van der Waals surface area contributed by atoms with E-state index in [1.165, 1.54) is 5.56 Å². The maximum absolute atomic E-state index is 12.8. The van der Waals surface area contributed by atoms with Crippen molar-refractivity contribution in [3.63, 3.8) is 0 Å². The Morgan fingerprint density at radius 2 is 1.78 bits per heavy atom. The van der Waals surface area contributed by atoms with Gasteiger partial charge < -0.3 is 9.80 Å². The molecule has 120 valence electrons. The number of rotatable bonds is 4. The molecular formula is C20H24N2O. The van der Waals surface area contributed by atoms with Gasteiger partial charge in [-0.25, -0.2) is 0 Å². The maximum atomic E-state index is 12.8. The molecule has 3 rings (SSSR count). The molecule has 2 aromatic rings. The highest BCUT2D eigenvalue weighted by Gasteiger charge is 2.29. The van der Waals surface area contributed by atoms with E-state index >= 15 is 0 Å². The molecule has 0 N–H and O–H groups in total. The number of amides is 1. The van der Waals surface area contributed by atoms with E-state index in [0.717, 1.165) is 37.1 Å². The van der Waals surface area contributed by atoms with Crippen molar-refractivity contribution < 1.29 is 4.79 Å². The number of likely N-dealkylation sites (tertiary alicyclic amines) is 1. The van der Waals surface area contributed by atoms with Gasteiger partial charge in [0.05, 0.1) is 0 Å². The lowest BCUT2D eigenvalue weighted by atomic mass is 10.0. The number of carbonyl (C=O) groups excluding carboxylic acids is 1. The minimum atomic E-state index is 0.161. The fraction of sp³-hybridized carbons (Fsp3) is 0.350. The van der Waals surface area contributed by atoms with E-state index in [2.05, 4.69) is 29.2 Å². The first-order valence-electron chi connectivity index (χ1n) is 8.27. The van der Waals surface area contributed by atoms with Gasteiger partial charge in [-0.15, -0.1) is 0 Å². The molecule has 0 radical (unpaired) electrons. The van der Waals surface area contributed by atoms with Crippen LogP contribution < -0.4 is 4.90 Å². The molecule has 3 heteroatoms. The van der Waals surface area contributed by atoms with Gasteiger partial charge in [0.15, 0.2) is 0 Å². The van der Waals surface area contributed by atoms with Crippen LogP contribution in [0.4, 0.5) is 5.69 Å². The molecule has 2 aromatic carbocycles. The van der Waals surface area contributed by atoms with E-state index < -0.39 is 0 Å². The normalized spacial score (nSPS) is 17.3. The van der Waals surface area contributed by atoms with Gasteiger partial charge >= 0.3 is 0 Å². The molecule has 1 saturated heterocycles. The van der Waals surface area contributed by atoms with Crippen molar-refractivity contribution in [1.82, 2.24) is 4.90 Å². The number of anilines is 1. The summed E-state index contributed by atoms with van der Waals surface area (Å²) in [6.45, 7) is 0.867. The summed E-state index contributed by atoms with van der Waals surface area (Å²) in [5.74, 6) is 0.161. The van der Waals surface area contributed by atoms with Crippen LogP contribution >= 0.6 is 0 Å².